The van der Waals surface area contributed by atoms with Crippen molar-refractivity contribution in [3.05, 3.63) is 60.8 Å². The minimum atomic E-state index is -0.843. The number of rotatable bonds is 70. The number of esters is 1. The van der Waals surface area contributed by atoms with Crippen LogP contribution >= 0.6 is 0 Å². The number of allylic oxidation sites excluding steroid dienone is 9. The van der Waals surface area contributed by atoms with Crippen LogP contribution in [-0.4, -0.2) is 47.4 Å². The van der Waals surface area contributed by atoms with Crippen LogP contribution in [0.3, 0.4) is 0 Å². The van der Waals surface area contributed by atoms with Gasteiger partial charge in [-0.15, -0.1) is 0 Å². The van der Waals surface area contributed by atoms with Crippen LogP contribution in [-0.2, 0) is 14.3 Å². The molecule has 492 valence electrons. The number of carbonyl (C=O) groups excluding carboxylic acids is 2. The number of unbranched alkanes of at least 4 members (excludes halogenated alkanes) is 51. The lowest BCUT2D eigenvalue weighted by molar-refractivity contribution is -0.143. The summed E-state index contributed by atoms with van der Waals surface area (Å²) in [6, 6.07) is -0.627. The van der Waals surface area contributed by atoms with Crippen LogP contribution in [0.1, 0.15) is 399 Å². The Morgan fingerprint density at radius 3 is 0.940 bits per heavy atom. The molecule has 0 rings (SSSR count). The molecule has 0 spiro atoms. The van der Waals surface area contributed by atoms with Gasteiger partial charge in [0.05, 0.1) is 25.4 Å². The molecular weight excluding hydrogens is 1030 g/mol. The molecule has 0 saturated carbocycles. The lowest BCUT2D eigenvalue weighted by atomic mass is 10.0. The smallest absolute Gasteiger partial charge is 0.305 e. The van der Waals surface area contributed by atoms with Gasteiger partial charge in [-0.3, -0.25) is 9.59 Å². The SMILES string of the molecule is CCCC/C=C\C/C=C\CCCCCCCC(=O)OCCCCCCCCCCCCCCC/C=C\C/C=C\CCCCCCCCCCCCCCCCCCCC(=O)NC(CO)C(O)/C=C/CCCCCCCCCCCCCCCC. The second kappa shape index (κ2) is 73.0. The maximum absolute atomic E-state index is 12.5. The Morgan fingerprint density at radius 2 is 0.607 bits per heavy atom. The van der Waals surface area contributed by atoms with Gasteiger partial charge < -0.3 is 20.3 Å². The van der Waals surface area contributed by atoms with Crippen molar-refractivity contribution in [3.8, 4) is 0 Å². The zero-order valence-electron chi connectivity index (χ0n) is 56.4. The van der Waals surface area contributed by atoms with Crippen LogP contribution in [0.25, 0.3) is 0 Å². The summed E-state index contributed by atoms with van der Waals surface area (Å²) in [6.07, 6.45) is 97.6. The topological polar surface area (TPSA) is 95.9 Å². The largest absolute Gasteiger partial charge is 0.466 e. The Balaban J connectivity index is 3.38. The molecule has 0 fully saturated rings. The van der Waals surface area contributed by atoms with Crippen molar-refractivity contribution in [2.45, 2.75) is 411 Å². The van der Waals surface area contributed by atoms with Gasteiger partial charge in [-0.25, -0.2) is 0 Å². The summed E-state index contributed by atoms with van der Waals surface area (Å²) in [5.74, 6) is -0.0593. The first-order valence-electron chi connectivity index (χ1n) is 37.6. The van der Waals surface area contributed by atoms with E-state index in [2.05, 4.69) is 67.8 Å². The van der Waals surface area contributed by atoms with Crippen molar-refractivity contribution in [2.75, 3.05) is 13.2 Å². The molecule has 0 aliphatic carbocycles. The first kappa shape index (κ1) is 81.6. The summed E-state index contributed by atoms with van der Waals surface area (Å²) in [4.78, 5) is 24.6. The molecular formula is C78H145NO5. The highest BCUT2D eigenvalue weighted by atomic mass is 16.5. The highest BCUT2D eigenvalue weighted by Gasteiger charge is 2.18. The summed E-state index contributed by atoms with van der Waals surface area (Å²) in [6.45, 7) is 4.88. The number of amides is 1. The molecule has 6 heteroatoms. The minimum absolute atomic E-state index is 0.00378. The number of aliphatic hydroxyl groups excluding tert-OH is 2. The summed E-state index contributed by atoms with van der Waals surface area (Å²) in [5.41, 5.74) is 0. The van der Waals surface area contributed by atoms with Gasteiger partial charge in [-0.1, -0.05) is 357 Å². The van der Waals surface area contributed by atoms with Gasteiger partial charge in [0.2, 0.25) is 5.91 Å². The van der Waals surface area contributed by atoms with Gasteiger partial charge in [-0.2, -0.15) is 0 Å². The van der Waals surface area contributed by atoms with Crippen molar-refractivity contribution in [1.29, 1.82) is 0 Å². The molecule has 6 nitrogen and oxygen atoms in total. The van der Waals surface area contributed by atoms with Crippen LogP contribution in [0.4, 0.5) is 0 Å². The summed E-state index contributed by atoms with van der Waals surface area (Å²) < 4.78 is 5.48. The van der Waals surface area contributed by atoms with Gasteiger partial charge in [0.15, 0.2) is 0 Å². The second-order valence-electron chi connectivity index (χ2n) is 25.6. The molecule has 2 atom stereocenters. The van der Waals surface area contributed by atoms with E-state index < -0.39 is 12.1 Å². The maximum atomic E-state index is 12.5. The highest BCUT2D eigenvalue weighted by Crippen LogP contribution is 2.18. The molecule has 0 radical (unpaired) electrons. The molecule has 3 N–H and O–H groups in total. The Bertz CT molecular complexity index is 1450. The van der Waals surface area contributed by atoms with Crippen LogP contribution in [0, 0.1) is 0 Å². The van der Waals surface area contributed by atoms with Gasteiger partial charge >= 0.3 is 5.97 Å². The molecule has 0 aromatic rings. The van der Waals surface area contributed by atoms with Crippen molar-refractivity contribution < 1.29 is 24.5 Å². The van der Waals surface area contributed by atoms with E-state index in [1.54, 1.807) is 6.08 Å². The van der Waals surface area contributed by atoms with E-state index in [0.717, 1.165) is 57.8 Å². The Morgan fingerprint density at radius 1 is 0.333 bits per heavy atom. The van der Waals surface area contributed by atoms with Crippen molar-refractivity contribution in [3.63, 3.8) is 0 Å². The number of carbonyl (C=O) groups is 2. The molecule has 0 aliphatic rings. The van der Waals surface area contributed by atoms with E-state index in [1.165, 1.54) is 315 Å². The quantitative estimate of drug-likeness (QED) is 0.0320. The van der Waals surface area contributed by atoms with Gasteiger partial charge in [0, 0.05) is 12.8 Å². The monoisotopic (exact) mass is 1180 g/mol. The number of hydrogen-bond acceptors (Lipinski definition) is 5. The average molecular weight is 1180 g/mol. The zero-order valence-corrected chi connectivity index (χ0v) is 56.4. The third-order valence-corrected chi connectivity index (χ3v) is 17.3. The molecule has 0 bridgehead atoms. The van der Waals surface area contributed by atoms with Crippen LogP contribution in [0.2, 0.25) is 0 Å². The normalized spacial score (nSPS) is 12.9. The standard InChI is InChI=1S/C78H145NO5/c1-3-5-7-9-11-13-15-17-19-43-46-50-54-58-62-66-70-76(81)75(74-80)79-77(82)71-67-63-59-55-51-47-44-41-39-37-35-33-31-29-27-25-23-21-20-22-24-26-28-30-32-34-36-38-40-42-45-49-53-57-61-65-69-73-84-78(83)72-68-64-60-56-52-48-18-16-14-12-10-8-6-4-2/h10,12,16,18,20,22,26,28,66,70,75-76,80-81H,3-9,11,13-15,17,19,21,23-25,27,29-65,67-69,71-74H2,1-2H3,(H,79,82)/b12-10-,18-16-,22-20-,28-26-,70-66+. The Kier molecular flexibility index (Phi) is 70.9. The highest BCUT2D eigenvalue weighted by molar-refractivity contribution is 5.76. The first-order valence-corrected chi connectivity index (χ1v) is 37.6. The zero-order chi connectivity index (χ0) is 60.6. The molecule has 0 saturated heterocycles. The maximum Gasteiger partial charge on any atom is 0.305 e. The fraction of sp³-hybridized carbons (Fsp3) is 0.846. The summed E-state index contributed by atoms with van der Waals surface area (Å²) in [5, 5.41) is 23.2. The number of nitrogens with one attached hydrogen (secondary N) is 1. The predicted octanol–water partition coefficient (Wildman–Crippen LogP) is 24.6. The van der Waals surface area contributed by atoms with E-state index >= 15 is 0 Å². The molecule has 0 aromatic heterocycles. The third kappa shape index (κ3) is 68.7. The van der Waals surface area contributed by atoms with Gasteiger partial charge in [-0.05, 0) is 89.9 Å². The molecule has 0 aliphatic heterocycles. The van der Waals surface area contributed by atoms with E-state index in [1.807, 2.05) is 6.08 Å². The van der Waals surface area contributed by atoms with Crippen LogP contribution in [0.5, 0.6) is 0 Å². The molecule has 1 amide bonds. The van der Waals surface area contributed by atoms with E-state index in [4.69, 9.17) is 4.74 Å². The first-order chi connectivity index (χ1) is 41.5. The molecule has 0 aromatic carbocycles. The minimum Gasteiger partial charge on any atom is -0.466 e. The van der Waals surface area contributed by atoms with Crippen molar-refractivity contribution in [2.24, 2.45) is 0 Å². The van der Waals surface area contributed by atoms with E-state index in [9.17, 15) is 19.8 Å². The second-order valence-corrected chi connectivity index (χ2v) is 25.6. The van der Waals surface area contributed by atoms with Crippen LogP contribution in [0.15, 0.2) is 60.8 Å². The average Bonchev–Trinajstić information content (AvgIpc) is 3.51. The molecule has 84 heavy (non-hydrogen) atoms. The Hall–Kier alpha value is -2.44. The van der Waals surface area contributed by atoms with Gasteiger partial charge in [0.25, 0.3) is 0 Å². The third-order valence-electron chi connectivity index (χ3n) is 17.3. The van der Waals surface area contributed by atoms with Gasteiger partial charge in [0.1, 0.15) is 0 Å². The van der Waals surface area contributed by atoms with E-state index in [0.29, 0.717) is 19.4 Å². The number of hydrogen-bond donors (Lipinski definition) is 3. The lowest BCUT2D eigenvalue weighted by Crippen LogP contribution is -2.45. The molecule has 0 heterocycles. The number of ether oxygens (including phenoxy) is 1. The predicted molar refractivity (Wildman–Crippen MR) is 370 cm³/mol. The fourth-order valence-electron chi connectivity index (χ4n) is 11.5. The molecule has 2 unspecified atom stereocenters. The van der Waals surface area contributed by atoms with Crippen molar-refractivity contribution >= 4 is 11.9 Å². The summed E-state index contributed by atoms with van der Waals surface area (Å²) in [7, 11) is 0. The van der Waals surface area contributed by atoms with Crippen molar-refractivity contribution in [1.82, 2.24) is 5.32 Å². The lowest BCUT2D eigenvalue weighted by Gasteiger charge is -2.20. The summed E-state index contributed by atoms with van der Waals surface area (Å²) >= 11 is 0. The van der Waals surface area contributed by atoms with E-state index in [-0.39, 0.29) is 18.5 Å². The fourth-order valence-corrected chi connectivity index (χ4v) is 11.5. The Labute approximate surface area is 524 Å². The number of aliphatic hydroxyl groups is 2. The van der Waals surface area contributed by atoms with Crippen LogP contribution < -0.4 is 5.32 Å².